The number of carbonyl (C=O) groups is 5. The highest BCUT2D eigenvalue weighted by molar-refractivity contribution is 7.46. The van der Waals surface area contributed by atoms with Gasteiger partial charge in [0.05, 0.1) is 6.61 Å². The Bertz CT molecular complexity index is 2080. The van der Waals surface area contributed by atoms with E-state index in [0.717, 1.165) is 148 Å². The van der Waals surface area contributed by atoms with E-state index < -0.39 is 97.5 Å². The van der Waals surface area contributed by atoms with E-state index in [2.05, 4.69) is 34.6 Å². The summed E-state index contributed by atoms with van der Waals surface area (Å²) in [6.07, 6.45) is 59.0. The largest absolute Gasteiger partial charge is 0.469 e. The van der Waals surface area contributed by atoms with Gasteiger partial charge in [-0.25, -0.2) is 4.57 Å². The maximum atomic E-state index is 16.3. The molecule has 0 aromatic carbocycles. The van der Waals surface area contributed by atoms with Gasteiger partial charge in [-0.3, -0.25) is 28.5 Å². The fraction of sp³-hybridized carbons (Fsp3) is 0.944. The number of aliphatic hydroxyl groups is 4. The van der Waals surface area contributed by atoms with Gasteiger partial charge in [0, 0.05) is 38.7 Å². The molecule has 0 rings (SSSR count). The molecule has 0 aliphatic heterocycles. The molecule has 0 saturated carbocycles. The predicted octanol–water partition coefficient (Wildman–Crippen LogP) is 25.5. The van der Waals surface area contributed by atoms with Gasteiger partial charge in [0.25, 0.3) is 0 Å². The smallest absolute Gasteiger partial charge is 0.376 e. The zero-order chi connectivity index (χ0) is 77.7. The van der Waals surface area contributed by atoms with Crippen LogP contribution in [0, 0.1) is 0 Å². The summed E-state index contributed by atoms with van der Waals surface area (Å²) in [6.45, 7) is 10.9. The number of hydrogen-bond donors (Lipinski definition) is 6. The first-order chi connectivity index (χ1) is 50.8. The molecule has 0 amide bonds. The number of phosphoric acid groups is 1. The highest BCUT2D eigenvalue weighted by Gasteiger charge is 2.81. The second-order valence-electron chi connectivity index (χ2n) is 32.5. The molecule has 0 aliphatic carbocycles. The van der Waals surface area contributed by atoms with Crippen LogP contribution in [-0.4, -0.2) is 101 Å². The van der Waals surface area contributed by atoms with Crippen LogP contribution in [0.3, 0.4) is 0 Å². The molecule has 5 atom stereocenters. The number of Topliss-reactive ketones (excluding diaryl/α,β-unsaturated/α-hetero) is 5. The van der Waals surface area contributed by atoms with E-state index in [-0.39, 0.29) is 45.1 Å². The molecule has 6 N–H and O–H groups in total. The molecule has 622 valence electrons. The number of unbranched alkanes of at least 4 members (excludes halogenated alkanes) is 61. The first kappa shape index (κ1) is 103. The summed E-state index contributed by atoms with van der Waals surface area (Å²) >= 11 is 0. The number of ether oxygens (including phenoxy) is 1. The summed E-state index contributed by atoms with van der Waals surface area (Å²) in [6, 6.07) is 0. The molecule has 0 aliphatic rings. The van der Waals surface area contributed by atoms with E-state index in [0.29, 0.717) is 70.6 Å². The Balaban J connectivity index is 8.18. The van der Waals surface area contributed by atoms with Crippen molar-refractivity contribution in [1.82, 2.24) is 0 Å². The van der Waals surface area contributed by atoms with Crippen LogP contribution in [0.2, 0.25) is 0 Å². The summed E-state index contributed by atoms with van der Waals surface area (Å²) in [5, 5.41) is 56.9. The molecule has 0 radical (unpaired) electrons. The fourth-order valence-corrected chi connectivity index (χ4v) is 16.1. The van der Waals surface area contributed by atoms with Gasteiger partial charge in [0.15, 0.2) is 46.2 Å². The normalized spacial score (nSPS) is 14.6. The molecule has 0 fully saturated rings. The molecule has 0 spiro atoms. The molecule has 15 heteroatoms. The molecular weight excluding hydrogens is 1340 g/mol. The maximum absolute atomic E-state index is 16.3. The summed E-state index contributed by atoms with van der Waals surface area (Å²) < 4.78 is 24.5. The van der Waals surface area contributed by atoms with Gasteiger partial charge < -0.3 is 34.9 Å². The minimum atomic E-state index is -5.73. The summed E-state index contributed by atoms with van der Waals surface area (Å²) in [4.78, 5) is 101. The van der Waals surface area contributed by atoms with Crippen molar-refractivity contribution in [1.29, 1.82) is 0 Å². The lowest BCUT2D eigenvalue weighted by molar-refractivity contribution is -0.284. The Labute approximate surface area is 647 Å². The number of ketones is 5. The average molecular weight is 1510 g/mol. The van der Waals surface area contributed by atoms with Crippen LogP contribution in [0.5, 0.6) is 0 Å². The Kier molecular flexibility index (Phi) is 69.0. The average Bonchev–Trinajstić information content (AvgIpc) is 0.685. The van der Waals surface area contributed by atoms with Crippen molar-refractivity contribution in [2.45, 2.75) is 532 Å². The zero-order valence-electron chi connectivity index (χ0n) is 69.8. The summed E-state index contributed by atoms with van der Waals surface area (Å²) in [7, 11) is -5.73. The Morgan fingerprint density at radius 3 is 0.705 bits per heavy atom. The number of phosphoric ester groups is 1. The molecular formula is C90H173O14P. The third-order valence-corrected chi connectivity index (χ3v) is 23.3. The van der Waals surface area contributed by atoms with E-state index in [1.54, 1.807) is 0 Å². The first-order valence-electron chi connectivity index (χ1n) is 45.7. The lowest BCUT2D eigenvalue weighted by atomic mass is 9.54. The van der Waals surface area contributed by atoms with Crippen molar-refractivity contribution in [3.8, 4) is 0 Å². The van der Waals surface area contributed by atoms with E-state index in [1.165, 1.54) is 180 Å². The van der Waals surface area contributed by atoms with Crippen LogP contribution in [0.4, 0.5) is 0 Å². The third-order valence-electron chi connectivity index (χ3n) is 22.8. The molecule has 105 heavy (non-hydrogen) atoms. The van der Waals surface area contributed by atoms with Gasteiger partial charge in [0.1, 0.15) is 0 Å². The van der Waals surface area contributed by atoms with Crippen molar-refractivity contribution in [2.75, 3.05) is 13.2 Å². The van der Waals surface area contributed by atoms with E-state index in [1.807, 2.05) is 6.92 Å². The SMILES string of the molecule is CCCCCCCCCCCCCCCC(=O)C(OCCCC)[C@](O)(C(=O)CCCCCCCCCCCCCCC)[C@](O)(C(=O)CCCCCCCCCCCCCCC)[C@@](O)(C(=O)CCCCCCCCCCCCCCC)[C@](O)(COP(=O)(O)O)C(=O)CCCCCCCCCCCCCCC. The fourth-order valence-electron chi connectivity index (χ4n) is 15.7. The van der Waals surface area contributed by atoms with Gasteiger partial charge in [-0.05, 0) is 38.5 Å². The van der Waals surface area contributed by atoms with E-state index in [4.69, 9.17) is 9.26 Å². The molecule has 0 saturated heterocycles. The number of carbonyl (C=O) groups excluding carboxylic acids is 5. The zero-order valence-corrected chi connectivity index (χ0v) is 70.7. The van der Waals surface area contributed by atoms with Crippen molar-refractivity contribution in [3.05, 3.63) is 0 Å². The molecule has 14 nitrogen and oxygen atoms in total. The molecule has 0 aromatic heterocycles. The van der Waals surface area contributed by atoms with Crippen LogP contribution in [0.25, 0.3) is 0 Å². The van der Waals surface area contributed by atoms with Crippen LogP contribution >= 0.6 is 7.82 Å². The molecule has 0 heterocycles. The lowest BCUT2D eigenvalue weighted by Crippen LogP contribution is -2.87. The Morgan fingerprint density at radius 2 is 0.467 bits per heavy atom. The van der Waals surface area contributed by atoms with Gasteiger partial charge in [0.2, 0.25) is 11.2 Å². The van der Waals surface area contributed by atoms with E-state index >= 15 is 24.0 Å². The van der Waals surface area contributed by atoms with Crippen LogP contribution < -0.4 is 0 Å². The monoisotopic (exact) mass is 1510 g/mol. The second-order valence-corrected chi connectivity index (χ2v) is 33.8. The number of hydrogen-bond acceptors (Lipinski definition) is 12. The minimum absolute atomic E-state index is 0.0178. The molecule has 1 unspecified atom stereocenters. The highest BCUT2D eigenvalue weighted by atomic mass is 31.2. The quantitative estimate of drug-likeness (QED) is 0.0245. The topological polar surface area (TPSA) is 242 Å². The van der Waals surface area contributed by atoms with Crippen molar-refractivity contribution in [2.24, 2.45) is 0 Å². The summed E-state index contributed by atoms with van der Waals surface area (Å²) in [5.41, 5.74) is -16.2. The van der Waals surface area contributed by atoms with Crippen molar-refractivity contribution in [3.63, 3.8) is 0 Å². The Morgan fingerprint density at radius 1 is 0.267 bits per heavy atom. The van der Waals surface area contributed by atoms with Gasteiger partial charge in [-0.2, -0.15) is 0 Å². The minimum Gasteiger partial charge on any atom is -0.376 e. The molecule has 0 bridgehead atoms. The second kappa shape index (κ2) is 70.1. The van der Waals surface area contributed by atoms with Gasteiger partial charge >= 0.3 is 7.82 Å². The van der Waals surface area contributed by atoms with Crippen LogP contribution in [0.1, 0.15) is 504 Å². The highest BCUT2D eigenvalue weighted by Crippen LogP contribution is 2.50. The summed E-state index contributed by atoms with van der Waals surface area (Å²) in [5.74, 6) is -6.47. The first-order valence-corrected chi connectivity index (χ1v) is 47.2. The predicted molar refractivity (Wildman–Crippen MR) is 439 cm³/mol. The third kappa shape index (κ3) is 48.1. The van der Waals surface area contributed by atoms with Crippen molar-refractivity contribution < 1.29 is 68.0 Å². The maximum Gasteiger partial charge on any atom is 0.469 e. The van der Waals surface area contributed by atoms with Crippen LogP contribution in [0.15, 0.2) is 0 Å². The van der Waals surface area contributed by atoms with Crippen molar-refractivity contribution >= 4 is 36.7 Å². The van der Waals surface area contributed by atoms with Gasteiger partial charge in [-0.1, -0.05) is 433 Å². The molecule has 0 aromatic rings. The standard InChI is InChI=1S/C90H173O14P/c1-7-13-19-24-29-34-39-44-49-54-59-64-69-74-81(91)86(103-79-18-12-6)88(97,83(93)76-71-66-61-56-51-46-41-36-31-26-21-15-9-3)90(99,85(95)78-73-68-63-58-53-48-43-38-33-28-23-17-11-5)89(98,84(94)77-72-67-62-57-52-47-42-37-32-27-22-16-10-4)87(96,80-104-105(100,101)102)82(92)75-70-65-60-55-50-45-40-35-30-25-20-14-8-2/h86,96-99H,7-80H2,1-6H3,(H2,100,101,102)/t86?,87-,88+,89+,90+/m0/s1. The van der Waals surface area contributed by atoms with E-state index in [9.17, 15) is 34.8 Å². The lowest BCUT2D eigenvalue weighted by Gasteiger charge is -2.55. The Hall–Kier alpha value is -1.74. The van der Waals surface area contributed by atoms with Gasteiger partial charge in [-0.15, -0.1) is 0 Å². The van der Waals surface area contributed by atoms with Crippen LogP contribution in [-0.2, 0) is 37.8 Å². The number of rotatable bonds is 86.